The van der Waals surface area contributed by atoms with Crippen LogP contribution in [0.25, 0.3) is 0 Å². The van der Waals surface area contributed by atoms with Gasteiger partial charge in [-0.05, 0) is 6.07 Å². The Balaban J connectivity index is 3.17. The number of hydrazone groups is 1. The summed E-state index contributed by atoms with van der Waals surface area (Å²) in [7, 11) is 0.978. The van der Waals surface area contributed by atoms with Gasteiger partial charge < -0.3 is 4.74 Å². The lowest BCUT2D eigenvalue weighted by atomic mass is 10.2. The molecule has 1 rings (SSSR count). The summed E-state index contributed by atoms with van der Waals surface area (Å²) < 4.78 is 4.29. The average Bonchev–Trinajstić information content (AvgIpc) is 2.49. The Bertz CT molecular complexity index is 700. The number of carbonyl (C=O) groups excluding carboxylic acids is 1. The molecule has 0 saturated carbocycles. The second-order valence-electron chi connectivity index (χ2n) is 3.87. The predicted molar refractivity (Wildman–Crippen MR) is 74.7 cm³/mol. The fraction of sp³-hybridized carbons (Fsp3) is 0.200. The number of esters is 1. The highest BCUT2D eigenvalue weighted by Gasteiger charge is 2.22. The normalized spacial score (nSPS) is 10.7. The molecule has 0 aromatic heterocycles. The van der Waals surface area contributed by atoms with Crippen molar-refractivity contribution in [3.63, 3.8) is 0 Å². The van der Waals surface area contributed by atoms with E-state index in [1.807, 2.05) is 0 Å². The molecule has 1 aromatic carbocycles. The van der Waals surface area contributed by atoms with Gasteiger partial charge in [0.2, 0.25) is 5.71 Å². The van der Waals surface area contributed by atoms with Crippen LogP contribution < -0.4 is 5.43 Å². The molecule has 0 aliphatic carbocycles. The first kappa shape index (κ1) is 17.4. The lowest BCUT2D eigenvalue weighted by Gasteiger charge is -2.04. The van der Waals surface area contributed by atoms with Crippen LogP contribution in [0.3, 0.4) is 0 Å². The Labute approximate surface area is 127 Å². The van der Waals surface area contributed by atoms with Crippen molar-refractivity contribution in [2.24, 2.45) is 5.10 Å². The number of nitro benzene ring substituents is 2. The van der Waals surface area contributed by atoms with Crippen LogP contribution in [0, 0.1) is 30.3 Å². The van der Waals surface area contributed by atoms with Crippen LogP contribution >= 0.6 is 0 Å². The van der Waals surface area contributed by atoms with E-state index in [-0.39, 0.29) is 5.69 Å². The average molecular weight is 327 g/mol. The summed E-state index contributed by atoms with van der Waals surface area (Å²) >= 11 is 0. The van der Waals surface area contributed by atoms with Gasteiger partial charge in [-0.25, -0.2) is 4.79 Å². The lowest BCUT2D eigenvalue weighted by Crippen LogP contribution is -2.25. The molecule has 0 spiro atoms. The van der Waals surface area contributed by atoms with Gasteiger partial charge in [-0.1, -0.05) is 0 Å². The van der Waals surface area contributed by atoms with Gasteiger partial charge in [0.15, 0.2) is 0 Å². The number of ether oxygens (including phenoxy) is 1. The van der Waals surface area contributed by atoms with Crippen LogP contribution in [0.15, 0.2) is 23.3 Å². The molecule has 0 heterocycles. The van der Waals surface area contributed by atoms with Gasteiger partial charge in [0.05, 0.1) is 23.0 Å². The molecule has 0 saturated heterocycles. The van der Waals surface area contributed by atoms with Gasteiger partial charge in [0.1, 0.15) is 5.69 Å². The number of rotatable bonds is 7. The number of hydrogen-bond acceptors (Lipinski definition) is 10. The van der Waals surface area contributed by atoms with Gasteiger partial charge in [0.25, 0.3) is 12.2 Å². The standard InChI is InChI=1S/C10H9N5O8/c1-23-10(16)8(5-13(17)18)12-11-7-3-2-6(14(19)20)4-9(7)15(21)22/h2-4,11H,5H2,1H3/b12-8-. The molecule has 122 valence electrons. The van der Waals surface area contributed by atoms with Crippen molar-refractivity contribution in [1.29, 1.82) is 0 Å². The van der Waals surface area contributed by atoms with Crippen LogP contribution in [0.1, 0.15) is 0 Å². The van der Waals surface area contributed by atoms with E-state index in [9.17, 15) is 35.1 Å². The maximum absolute atomic E-state index is 11.3. The molecule has 0 atom stereocenters. The fourth-order valence-electron chi connectivity index (χ4n) is 1.39. The molecule has 1 aromatic rings. The van der Waals surface area contributed by atoms with Crippen molar-refractivity contribution >= 4 is 28.7 Å². The highest BCUT2D eigenvalue weighted by molar-refractivity contribution is 6.37. The number of nitrogens with zero attached hydrogens (tertiary/aromatic N) is 4. The third kappa shape index (κ3) is 4.69. The van der Waals surface area contributed by atoms with Crippen molar-refractivity contribution in [2.45, 2.75) is 0 Å². The van der Waals surface area contributed by atoms with Gasteiger partial charge in [-0.2, -0.15) is 5.10 Å². The molecule has 0 unspecified atom stereocenters. The molecule has 23 heavy (non-hydrogen) atoms. The number of carbonyl (C=O) groups is 1. The van der Waals surface area contributed by atoms with Gasteiger partial charge in [0, 0.05) is 11.0 Å². The number of anilines is 1. The first-order chi connectivity index (χ1) is 10.8. The highest BCUT2D eigenvalue weighted by Crippen LogP contribution is 2.28. The zero-order valence-electron chi connectivity index (χ0n) is 11.5. The summed E-state index contributed by atoms with van der Waals surface area (Å²) in [4.78, 5) is 40.7. The molecular weight excluding hydrogens is 318 g/mol. The van der Waals surface area contributed by atoms with Crippen LogP contribution in [-0.4, -0.2) is 40.1 Å². The van der Waals surface area contributed by atoms with E-state index in [1.54, 1.807) is 0 Å². The van der Waals surface area contributed by atoms with E-state index < -0.39 is 44.4 Å². The van der Waals surface area contributed by atoms with E-state index in [1.165, 1.54) is 0 Å². The summed E-state index contributed by atoms with van der Waals surface area (Å²) in [5, 5.41) is 35.3. The first-order valence-corrected chi connectivity index (χ1v) is 5.71. The Morgan fingerprint density at radius 2 is 1.87 bits per heavy atom. The summed E-state index contributed by atoms with van der Waals surface area (Å²) in [6, 6.07) is 2.64. The fourth-order valence-corrected chi connectivity index (χ4v) is 1.39. The topological polar surface area (TPSA) is 180 Å². The number of hydrogen-bond donors (Lipinski definition) is 1. The summed E-state index contributed by atoms with van der Waals surface area (Å²) in [5.41, 5.74) is -0.0312. The molecule has 0 fully saturated rings. The SMILES string of the molecule is COC(=O)/C(C[N+](=O)[O-])=N\Nc1ccc([N+](=O)[O-])cc1[N+](=O)[O-]. The van der Waals surface area contributed by atoms with E-state index >= 15 is 0 Å². The Morgan fingerprint density at radius 1 is 1.22 bits per heavy atom. The summed E-state index contributed by atoms with van der Waals surface area (Å²) in [6.07, 6.45) is 0. The molecule has 0 aliphatic heterocycles. The number of nitrogens with one attached hydrogen (secondary N) is 1. The van der Waals surface area contributed by atoms with Crippen LogP contribution in [0.4, 0.5) is 17.1 Å². The minimum absolute atomic E-state index is 0.287. The van der Waals surface area contributed by atoms with Gasteiger partial charge in [-0.15, -0.1) is 0 Å². The molecule has 13 heteroatoms. The van der Waals surface area contributed by atoms with Gasteiger partial charge >= 0.3 is 11.7 Å². The van der Waals surface area contributed by atoms with E-state index in [0.29, 0.717) is 6.07 Å². The first-order valence-electron chi connectivity index (χ1n) is 5.71. The van der Waals surface area contributed by atoms with Crippen LogP contribution in [0.2, 0.25) is 0 Å². The van der Waals surface area contributed by atoms with Crippen molar-refractivity contribution in [3.8, 4) is 0 Å². The molecular formula is C10H9N5O8. The minimum Gasteiger partial charge on any atom is -0.464 e. The molecule has 13 nitrogen and oxygen atoms in total. The Morgan fingerprint density at radius 3 is 2.35 bits per heavy atom. The van der Waals surface area contributed by atoms with E-state index in [0.717, 1.165) is 19.2 Å². The third-order valence-corrected chi connectivity index (χ3v) is 2.40. The quantitative estimate of drug-likeness (QED) is 0.326. The van der Waals surface area contributed by atoms with Gasteiger partial charge in [-0.3, -0.25) is 35.8 Å². The summed E-state index contributed by atoms with van der Waals surface area (Å²) in [6.45, 7) is -0.972. The molecule has 0 amide bonds. The molecule has 0 radical (unpaired) electrons. The number of nitro groups is 3. The molecule has 0 aliphatic rings. The van der Waals surface area contributed by atoms with Crippen molar-refractivity contribution in [2.75, 3.05) is 19.1 Å². The van der Waals surface area contributed by atoms with Crippen molar-refractivity contribution in [1.82, 2.24) is 0 Å². The van der Waals surface area contributed by atoms with Crippen molar-refractivity contribution in [3.05, 3.63) is 48.5 Å². The second kappa shape index (κ2) is 7.39. The monoisotopic (exact) mass is 327 g/mol. The molecule has 0 bridgehead atoms. The summed E-state index contributed by atoms with van der Waals surface area (Å²) in [5.74, 6) is -1.10. The predicted octanol–water partition coefficient (Wildman–Crippen LogP) is 0.721. The minimum atomic E-state index is -1.10. The van der Waals surface area contributed by atoms with Crippen molar-refractivity contribution < 1.29 is 24.3 Å². The largest absolute Gasteiger partial charge is 0.464 e. The lowest BCUT2D eigenvalue weighted by molar-refractivity contribution is -0.462. The number of benzene rings is 1. The van der Waals surface area contributed by atoms with E-state index in [2.05, 4.69) is 15.3 Å². The van der Waals surface area contributed by atoms with E-state index in [4.69, 9.17) is 0 Å². The third-order valence-electron chi connectivity index (χ3n) is 2.40. The zero-order valence-corrected chi connectivity index (χ0v) is 11.5. The second-order valence-corrected chi connectivity index (χ2v) is 3.87. The smallest absolute Gasteiger partial charge is 0.361 e. The molecule has 1 N–H and O–H groups in total. The zero-order chi connectivity index (χ0) is 17.6. The maximum atomic E-state index is 11.3. The highest BCUT2D eigenvalue weighted by atomic mass is 16.6. The number of non-ortho nitro benzene ring substituents is 1. The van der Waals surface area contributed by atoms with Crippen LogP contribution in [0.5, 0.6) is 0 Å². The number of methoxy groups -OCH3 is 1. The Kier molecular flexibility index (Phi) is 5.60. The maximum Gasteiger partial charge on any atom is 0.361 e. The Hall–Kier alpha value is -3.64. The van der Waals surface area contributed by atoms with Crippen LogP contribution in [-0.2, 0) is 9.53 Å².